The van der Waals surface area contributed by atoms with Crippen LogP contribution in [-0.4, -0.2) is 47.1 Å². The van der Waals surface area contributed by atoms with Gasteiger partial charge < -0.3 is 15.0 Å². The minimum atomic E-state index is -0.0497. The molecule has 6 heteroatoms. The zero-order valence-electron chi connectivity index (χ0n) is 13.4. The van der Waals surface area contributed by atoms with Crippen molar-refractivity contribution in [2.75, 3.05) is 31.6 Å². The fourth-order valence-electron chi connectivity index (χ4n) is 2.53. The molecule has 1 fully saturated rings. The normalized spacial score (nSPS) is 14.6. The van der Waals surface area contributed by atoms with Crippen LogP contribution in [0.2, 0.25) is 0 Å². The molecular weight excluding hydrogens is 292 g/mol. The molecule has 1 N–H and O–H groups in total. The highest BCUT2D eigenvalue weighted by Gasteiger charge is 2.19. The first-order valence-corrected chi connectivity index (χ1v) is 7.67. The molecule has 0 bridgehead atoms. The van der Waals surface area contributed by atoms with Crippen LogP contribution in [0.1, 0.15) is 21.5 Å². The summed E-state index contributed by atoms with van der Waals surface area (Å²) >= 11 is 0. The van der Waals surface area contributed by atoms with Crippen LogP contribution in [-0.2, 0) is 4.74 Å². The summed E-state index contributed by atoms with van der Waals surface area (Å²) in [5.74, 6) is 0.432. The zero-order valence-corrected chi connectivity index (χ0v) is 13.4. The molecule has 6 nitrogen and oxygen atoms in total. The maximum Gasteiger partial charge on any atom is 0.257 e. The fraction of sp³-hybridized carbons (Fsp3) is 0.353. The van der Waals surface area contributed by atoms with Gasteiger partial charge in [0.2, 0.25) is 5.95 Å². The summed E-state index contributed by atoms with van der Waals surface area (Å²) in [7, 11) is 0. The van der Waals surface area contributed by atoms with Gasteiger partial charge in [0.25, 0.3) is 5.91 Å². The molecule has 0 spiro atoms. The SMILES string of the molecule is Cc1ccc(Nc2ncc(C(=O)N3CCOCC3)cn2)c(C)c1. The maximum atomic E-state index is 12.3. The summed E-state index contributed by atoms with van der Waals surface area (Å²) in [6.45, 7) is 6.48. The van der Waals surface area contributed by atoms with Gasteiger partial charge in [-0.15, -0.1) is 0 Å². The molecule has 1 aliphatic heterocycles. The molecule has 120 valence electrons. The van der Waals surface area contributed by atoms with Gasteiger partial charge in [-0.3, -0.25) is 4.79 Å². The van der Waals surface area contributed by atoms with Crippen molar-refractivity contribution in [3.8, 4) is 0 Å². The lowest BCUT2D eigenvalue weighted by Gasteiger charge is -2.26. The Morgan fingerprint density at radius 2 is 1.87 bits per heavy atom. The first kappa shape index (κ1) is 15.4. The van der Waals surface area contributed by atoms with Crippen LogP contribution in [0.15, 0.2) is 30.6 Å². The Bertz CT molecular complexity index is 694. The Kier molecular flexibility index (Phi) is 4.52. The molecule has 2 aromatic rings. The molecule has 1 saturated heterocycles. The molecule has 1 amide bonds. The van der Waals surface area contributed by atoms with E-state index in [0.717, 1.165) is 11.3 Å². The lowest BCUT2D eigenvalue weighted by Crippen LogP contribution is -2.40. The monoisotopic (exact) mass is 312 g/mol. The average molecular weight is 312 g/mol. The molecular formula is C17H20N4O2. The van der Waals surface area contributed by atoms with Gasteiger partial charge in [0.1, 0.15) is 0 Å². The Labute approximate surface area is 135 Å². The third-order valence-corrected chi connectivity index (χ3v) is 3.83. The van der Waals surface area contributed by atoms with E-state index in [9.17, 15) is 4.79 Å². The van der Waals surface area contributed by atoms with Crippen LogP contribution in [0, 0.1) is 13.8 Å². The number of nitrogens with zero attached hydrogens (tertiary/aromatic N) is 3. The van der Waals surface area contributed by atoms with Crippen molar-refractivity contribution >= 4 is 17.5 Å². The van der Waals surface area contributed by atoms with Crippen molar-refractivity contribution in [2.24, 2.45) is 0 Å². The number of rotatable bonds is 3. The van der Waals surface area contributed by atoms with Gasteiger partial charge in [-0.25, -0.2) is 9.97 Å². The second-order valence-corrected chi connectivity index (χ2v) is 5.64. The quantitative estimate of drug-likeness (QED) is 0.942. The molecule has 2 heterocycles. The van der Waals surface area contributed by atoms with Crippen molar-refractivity contribution < 1.29 is 9.53 Å². The third kappa shape index (κ3) is 3.65. The van der Waals surface area contributed by atoms with Crippen molar-refractivity contribution in [2.45, 2.75) is 13.8 Å². The van der Waals surface area contributed by atoms with Crippen LogP contribution in [0.4, 0.5) is 11.6 Å². The first-order valence-electron chi connectivity index (χ1n) is 7.67. The van der Waals surface area contributed by atoms with Gasteiger partial charge in [-0.1, -0.05) is 17.7 Å². The van der Waals surface area contributed by atoms with Gasteiger partial charge in [0.15, 0.2) is 0 Å². The highest BCUT2D eigenvalue weighted by atomic mass is 16.5. The van der Waals surface area contributed by atoms with Gasteiger partial charge >= 0.3 is 0 Å². The third-order valence-electron chi connectivity index (χ3n) is 3.83. The van der Waals surface area contributed by atoms with E-state index in [0.29, 0.717) is 37.8 Å². The van der Waals surface area contributed by atoms with Gasteiger partial charge in [-0.05, 0) is 25.5 Å². The highest BCUT2D eigenvalue weighted by Crippen LogP contribution is 2.19. The number of benzene rings is 1. The molecule has 0 radical (unpaired) electrons. The van der Waals surface area contributed by atoms with Gasteiger partial charge in [-0.2, -0.15) is 0 Å². The van der Waals surface area contributed by atoms with Crippen LogP contribution >= 0.6 is 0 Å². The molecule has 0 unspecified atom stereocenters. The Morgan fingerprint density at radius 3 is 2.52 bits per heavy atom. The number of ether oxygens (including phenoxy) is 1. The first-order chi connectivity index (χ1) is 11.1. The molecule has 0 atom stereocenters. The van der Waals surface area contributed by atoms with E-state index in [-0.39, 0.29) is 5.91 Å². The number of aryl methyl sites for hydroxylation is 2. The van der Waals surface area contributed by atoms with E-state index in [1.807, 2.05) is 19.1 Å². The van der Waals surface area contributed by atoms with Crippen molar-refractivity contribution in [3.63, 3.8) is 0 Å². The second kappa shape index (κ2) is 6.75. The summed E-state index contributed by atoms with van der Waals surface area (Å²) in [4.78, 5) is 22.6. The number of hydrogen-bond donors (Lipinski definition) is 1. The lowest BCUT2D eigenvalue weighted by molar-refractivity contribution is 0.0302. The predicted octanol–water partition coefficient (Wildman–Crippen LogP) is 2.31. The van der Waals surface area contributed by atoms with Crippen LogP contribution in [0.3, 0.4) is 0 Å². The minimum Gasteiger partial charge on any atom is -0.378 e. The van der Waals surface area contributed by atoms with Crippen molar-refractivity contribution in [1.29, 1.82) is 0 Å². The van der Waals surface area contributed by atoms with Crippen molar-refractivity contribution in [3.05, 3.63) is 47.3 Å². The van der Waals surface area contributed by atoms with Gasteiger partial charge in [0.05, 0.1) is 18.8 Å². The van der Waals surface area contributed by atoms with Crippen LogP contribution in [0.5, 0.6) is 0 Å². The van der Waals surface area contributed by atoms with E-state index in [4.69, 9.17) is 4.74 Å². The summed E-state index contributed by atoms with van der Waals surface area (Å²) in [5.41, 5.74) is 3.79. The highest BCUT2D eigenvalue weighted by molar-refractivity contribution is 5.93. The smallest absolute Gasteiger partial charge is 0.257 e. The second-order valence-electron chi connectivity index (χ2n) is 5.64. The largest absolute Gasteiger partial charge is 0.378 e. The Balaban J connectivity index is 1.70. The topological polar surface area (TPSA) is 67.4 Å². The van der Waals surface area contributed by atoms with Crippen LogP contribution in [0.25, 0.3) is 0 Å². The minimum absolute atomic E-state index is 0.0497. The molecule has 0 aliphatic carbocycles. The molecule has 1 aromatic heterocycles. The Morgan fingerprint density at radius 1 is 1.17 bits per heavy atom. The fourth-order valence-corrected chi connectivity index (χ4v) is 2.53. The van der Waals surface area contributed by atoms with E-state index < -0.39 is 0 Å². The van der Waals surface area contributed by atoms with E-state index in [1.54, 1.807) is 17.3 Å². The average Bonchev–Trinajstić information content (AvgIpc) is 2.58. The van der Waals surface area contributed by atoms with E-state index >= 15 is 0 Å². The molecule has 1 aromatic carbocycles. The number of hydrogen-bond acceptors (Lipinski definition) is 5. The number of amides is 1. The number of morpholine rings is 1. The molecule has 0 saturated carbocycles. The van der Waals surface area contributed by atoms with Crippen molar-refractivity contribution in [1.82, 2.24) is 14.9 Å². The maximum absolute atomic E-state index is 12.3. The number of anilines is 2. The summed E-state index contributed by atoms with van der Waals surface area (Å²) < 4.78 is 5.26. The summed E-state index contributed by atoms with van der Waals surface area (Å²) in [5, 5.41) is 3.18. The van der Waals surface area contributed by atoms with E-state index in [1.165, 1.54) is 5.56 Å². The lowest BCUT2D eigenvalue weighted by atomic mass is 10.1. The van der Waals surface area contributed by atoms with E-state index in [2.05, 4.69) is 28.3 Å². The number of carbonyl (C=O) groups is 1. The Hall–Kier alpha value is -2.47. The molecule has 1 aliphatic rings. The zero-order chi connectivity index (χ0) is 16.2. The summed E-state index contributed by atoms with van der Waals surface area (Å²) in [6, 6.07) is 6.13. The standard InChI is InChI=1S/C17H20N4O2/c1-12-3-4-15(13(2)9-12)20-17-18-10-14(11-19-17)16(22)21-5-7-23-8-6-21/h3-4,9-11H,5-8H2,1-2H3,(H,18,19,20). The number of aromatic nitrogens is 2. The van der Waals surface area contributed by atoms with Crippen LogP contribution < -0.4 is 5.32 Å². The molecule has 3 rings (SSSR count). The summed E-state index contributed by atoms with van der Waals surface area (Å²) in [6.07, 6.45) is 3.13. The number of carbonyl (C=O) groups excluding carboxylic acids is 1. The number of nitrogens with one attached hydrogen (secondary N) is 1. The molecule has 23 heavy (non-hydrogen) atoms. The van der Waals surface area contributed by atoms with Gasteiger partial charge in [0, 0.05) is 31.2 Å². The predicted molar refractivity (Wildman–Crippen MR) is 88.0 cm³/mol.